The summed E-state index contributed by atoms with van der Waals surface area (Å²) < 4.78 is 25.5. The summed E-state index contributed by atoms with van der Waals surface area (Å²) in [6.45, 7) is 1.88. The highest BCUT2D eigenvalue weighted by Gasteiger charge is 2.17. The Morgan fingerprint density at radius 2 is 1.88 bits per heavy atom. The Labute approximate surface area is 145 Å². The van der Waals surface area contributed by atoms with E-state index in [4.69, 9.17) is 0 Å². The maximum atomic E-state index is 12.2. The molecule has 134 valence electrons. The molecule has 0 bridgehead atoms. The summed E-state index contributed by atoms with van der Waals surface area (Å²) in [5, 5.41) is 2.99. The Kier molecular flexibility index (Phi) is 6.66. The Morgan fingerprint density at radius 3 is 2.54 bits per heavy atom. The Morgan fingerprint density at radius 1 is 1.21 bits per heavy atom. The van der Waals surface area contributed by atoms with Crippen LogP contribution in [0.1, 0.15) is 63.5 Å². The topological polar surface area (TPSA) is 75.3 Å². The molecule has 1 fully saturated rings. The minimum absolute atomic E-state index is 0.0298. The molecular formula is C18H28N2O3S. The zero-order chi connectivity index (χ0) is 17.6. The van der Waals surface area contributed by atoms with E-state index in [0.29, 0.717) is 18.0 Å². The number of sulfonamides is 1. The van der Waals surface area contributed by atoms with Crippen molar-refractivity contribution in [2.24, 2.45) is 5.92 Å². The Hall–Kier alpha value is -1.56. The highest BCUT2D eigenvalue weighted by atomic mass is 32.2. The first-order valence-electron chi connectivity index (χ1n) is 8.71. The second kappa shape index (κ2) is 8.51. The van der Waals surface area contributed by atoms with Gasteiger partial charge in [-0.05, 0) is 30.9 Å². The second-order valence-electron chi connectivity index (χ2n) is 6.79. The summed E-state index contributed by atoms with van der Waals surface area (Å²) in [5.74, 6) is 0.709. The number of hydrogen-bond acceptors (Lipinski definition) is 3. The van der Waals surface area contributed by atoms with Crippen LogP contribution in [0.25, 0.3) is 0 Å². The summed E-state index contributed by atoms with van der Waals surface area (Å²) in [6.07, 6.45) is 8.98. The molecular weight excluding hydrogens is 324 g/mol. The standard InChI is InChI=1S/C18H28N2O3S/c1-14(16-10-6-7-11-17(16)20-24(2,22)23)19-18(21)13-12-15-8-4-3-5-9-15/h6-7,10-11,14-15,20H,3-5,8-9,12-13H2,1-2H3,(H,19,21). The highest BCUT2D eigenvalue weighted by molar-refractivity contribution is 7.92. The number of carbonyl (C=O) groups excluding carboxylic acids is 1. The van der Waals surface area contributed by atoms with Gasteiger partial charge < -0.3 is 5.32 Å². The first-order valence-corrected chi connectivity index (χ1v) is 10.6. The molecule has 24 heavy (non-hydrogen) atoms. The molecule has 0 aromatic heterocycles. The van der Waals surface area contributed by atoms with Crippen molar-refractivity contribution in [3.8, 4) is 0 Å². The van der Waals surface area contributed by atoms with E-state index in [9.17, 15) is 13.2 Å². The predicted octanol–water partition coefficient (Wildman–Crippen LogP) is 3.60. The van der Waals surface area contributed by atoms with Gasteiger partial charge in [-0.25, -0.2) is 8.42 Å². The fourth-order valence-electron chi connectivity index (χ4n) is 3.37. The van der Waals surface area contributed by atoms with Crippen LogP contribution < -0.4 is 10.0 Å². The normalized spacial score (nSPS) is 17.2. The Balaban J connectivity index is 1.91. The molecule has 2 N–H and O–H groups in total. The van der Waals surface area contributed by atoms with Gasteiger partial charge in [-0.2, -0.15) is 0 Å². The van der Waals surface area contributed by atoms with Gasteiger partial charge in [-0.1, -0.05) is 50.3 Å². The molecule has 1 aromatic carbocycles. The first kappa shape index (κ1) is 18.8. The monoisotopic (exact) mass is 352 g/mol. The fourth-order valence-corrected chi connectivity index (χ4v) is 3.96. The smallest absolute Gasteiger partial charge is 0.229 e. The van der Waals surface area contributed by atoms with Gasteiger partial charge in [0.1, 0.15) is 0 Å². The van der Waals surface area contributed by atoms with Crippen LogP contribution >= 0.6 is 0 Å². The van der Waals surface area contributed by atoms with Crippen LogP contribution in [0.15, 0.2) is 24.3 Å². The molecule has 0 aliphatic heterocycles. The molecule has 0 saturated heterocycles. The maximum absolute atomic E-state index is 12.2. The van der Waals surface area contributed by atoms with Gasteiger partial charge in [0.05, 0.1) is 18.0 Å². The molecule has 0 radical (unpaired) electrons. The SMILES string of the molecule is CC(NC(=O)CCC1CCCCC1)c1ccccc1NS(C)(=O)=O. The number of hydrogen-bond donors (Lipinski definition) is 2. The van der Waals surface area contributed by atoms with E-state index in [1.165, 1.54) is 32.1 Å². The van der Waals surface area contributed by atoms with Crippen molar-refractivity contribution in [2.75, 3.05) is 11.0 Å². The van der Waals surface area contributed by atoms with Crippen molar-refractivity contribution in [2.45, 2.75) is 57.9 Å². The van der Waals surface area contributed by atoms with Crippen LogP contribution in [0, 0.1) is 5.92 Å². The van der Waals surface area contributed by atoms with E-state index < -0.39 is 10.0 Å². The molecule has 5 nitrogen and oxygen atoms in total. The lowest BCUT2D eigenvalue weighted by Crippen LogP contribution is -2.28. The van der Waals surface area contributed by atoms with E-state index in [0.717, 1.165) is 18.2 Å². The van der Waals surface area contributed by atoms with Gasteiger partial charge in [-0.3, -0.25) is 9.52 Å². The highest BCUT2D eigenvalue weighted by Crippen LogP contribution is 2.28. The second-order valence-corrected chi connectivity index (χ2v) is 8.54. The third-order valence-corrected chi connectivity index (χ3v) is 5.20. The van der Waals surface area contributed by atoms with Gasteiger partial charge >= 0.3 is 0 Å². The number of rotatable bonds is 7. The van der Waals surface area contributed by atoms with Crippen LogP contribution in [0.5, 0.6) is 0 Å². The molecule has 1 atom stereocenters. The molecule has 0 heterocycles. The first-order chi connectivity index (χ1) is 11.3. The lowest BCUT2D eigenvalue weighted by atomic mass is 9.86. The molecule has 2 rings (SSSR count). The minimum Gasteiger partial charge on any atom is -0.350 e. The van der Waals surface area contributed by atoms with Crippen molar-refractivity contribution in [3.63, 3.8) is 0 Å². The summed E-state index contributed by atoms with van der Waals surface area (Å²) in [5.41, 5.74) is 1.29. The van der Waals surface area contributed by atoms with Crippen molar-refractivity contribution in [1.29, 1.82) is 0 Å². The van der Waals surface area contributed by atoms with E-state index in [1.54, 1.807) is 12.1 Å². The lowest BCUT2D eigenvalue weighted by molar-refractivity contribution is -0.122. The maximum Gasteiger partial charge on any atom is 0.229 e. The quantitative estimate of drug-likeness (QED) is 0.787. The molecule has 6 heteroatoms. The summed E-state index contributed by atoms with van der Waals surface area (Å²) in [6, 6.07) is 6.91. The molecule has 1 aromatic rings. The number of anilines is 1. The molecule has 1 amide bonds. The number of benzene rings is 1. The van der Waals surface area contributed by atoms with Gasteiger partial charge in [-0.15, -0.1) is 0 Å². The number of carbonyl (C=O) groups is 1. The van der Waals surface area contributed by atoms with Crippen molar-refractivity contribution in [1.82, 2.24) is 5.32 Å². The third-order valence-electron chi connectivity index (χ3n) is 4.60. The zero-order valence-electron chi connectivity index (χ0n) is 14.5. The molecule has 1 unspecified atom stereocenters. The minimum atomic E-state index is -3.35. The van der Waals surface area contributed by atoms with Crippen molar-refractivity contribution >= 4 is 21.6 Å². The van der Waals surface area contributed by atoms with Crippen LogP contribution in [-0.4, -0.2) is 20.6 Å². The van der Waals surface area contributed by atoms with Gasteiger partial charge in [0, 0.05) is 6.42 Å². The number of para-hydroxylation sites is 1. The lowest BCUT2D eigenvalue weighted by Gasteiger charge is -2.22. The molecule has 1 saturated carbocycles. The summed E-state index contributed by atoms with van der Waals surface area (Å²) >= 11 is 0. The van der Waals surface area contributed by atoms with Crippen LogP contribution in [0.4, 0.5) is 5.69 Å². The van der Waals surface area contributed by atoms with Crippen LogP contribution in [0.2, 0.25) is 0 Å². The molecule has 0 spiro atoms. The average molecular weight is 353 g/mol. The summed E-state index contributed by atoms with van der Waals surface area (Å²) in [4.78, 5) is 12.2. The van der Waals surface area contributed by atoms with E-state index in [2.05, 4.69) is 10.0 Å². The van der Waals surface area contributed by atoms with Gasteiger partial charge in [0.2, 0.25) is 15.9 Å². The van der Waals surface area contributed by atoms with Crippen LogP contribution in [-0.2, 0) is 14.8 Å². The van der Waals surface area contributed by atoms with Crippen molar-refractivity contribution in [3.05, 3.63) is 29.8 Å². The van der Waals surface area contributed by atoms with Gasteiger partial charge in [0.25, 0.3) is 0 Å². The van der Waals surface area contributed by atoms with Crippen molar-refractivity contribution < 1.29 is 13.2 Å². The zero-order valence-corrected chi connectivity index (χ0v) is 15.4. The average Bonchev–Trinajstić information content (AvgIpc) is 2.53. The van der Waals surface area contributed by atoms with E-state index in [1.807, 2.05) is 19.1 Å². The largest absolute Gasteiger partial charge is 0.350 e. The Bertz CT molecular complexity index is 652. The predicted molar refractivity (Wildman–Crippen MR) is 97.3 cm³/mol. The number of amides is 1. The summed E-state index contributed by atoms with van der Waals surface area (Å²) in [7, 11) is -3.35. The molecule has 1 aliphatic carbocycles. The molecule has 1 aliphatic rings. The van der Waals surface area contributed by atoms with Gasteiger partial charge in [0.15, 0.2) is 0 Å². The fraction of sp³-hybridized carbons (Fsp3) is 0.611. The number of nitrogens with one attached hydrogen (secondary N) is 2. The van der Waals surface area contributed by atoms with E-state index in [-0.39, 0.29) is 11.9 Å². The van der Waals surface area contributed by atoms with E-state index >= 15 is 0 Å². The third kappa shape index (κ3) is 6.15. The van der Waals surface area contributed by atoms with Crippen LogP contribution in [0.3, 0.4) is 0 Å².